The van der Waals surface area contributed by atoms with E-state index in [4.69, 9.17) is 5.10 Å². The molecular formula is C24H25N5OS. The van der Waals surface area contributed by atoms with Crippen molar-refractivity contribution < 1.29 is 4.79 Å². The molecule has 0 radical (unpaired) electrons. The minimum Gasteiger partial charge on any atom is -0.332 e. The highest BCUT2D eigenvalue weighted by Gasteiger charge is 2.17. The van der Waals surface area contributed by atoms with Gasteiger partial charge in [0, 0.05) is 49.2 Å². The van der Waals surface area contributed by atoms with Gasteiger partial charge in [-0.15, -0.1) is 11.3 Å². The Balaban J connectivity index is 1.62. The molecule has 0 aliphatic heterocycles. The average molecular weight is 432 g/mol. The summed E-state index contributed by atoms with van der Waals surface area (Å²) in [5.74, 6) is -0.0385. The molecule has 1 aromatic carbocycles. The number of para-hydroxylation sites is 1. The lowest BCUT2D eigenvalue weighted by Crippen LogP contribution is -2.35. The van der Waals surface area contributed by atoms with Crippen LogP contribution in [-0.4, -0.2) is 36.4 Å². The maximum atomic E-state index is 13.0. The van der Waals surface area contributed by atoms with E-state index >= 15 is 0 Å². The molecule has 0 saturated carbocycles. The lowest BCUT2D eigenvalue weighted by atomic mass is 10.2. The van der Waals surface area contributed by atoms with E-state index in [1.807, 2.05) is 96.8 Å². The van der Waals surface area contributed by atoms with Crippen molar-refractivity contribution in [1.29, 1.82) is 0 Å². The smallest absolute Gasteiger partial charge is 0.247 e. The van der Waals surface area contributed by atoms with E-state index in [1.54, 1.807) is 28.3 Å². The third-order valence-corrected chi connectivity index (χ3v) is 5.82. The van der Waals surface area contributed by atoms with Crippen LogP contribution in [0.4, 0.5) is 0 Å². The normalized spacial score (nSPS) is 11.5. The Kier molecular flexibility index (Phi) is 6.13. The Morgan fingerprint density at radius 3 is 2.61 bits per heavy atom. The Morgan fingerprint density at radius 1 is 1.16 bits per heavy atom. The van der Waals surface area contributed by atoms with Gasteiger partial charge in [-0.3, -0.25) is 9.48 Å². The number of aryl methyl sites for hydroxylation is 1. The molecule has 0 aliphatic carbocycles. The van der Waals surface area contributed by atoms with E-state index in [2.05, 4.69) is 5.10 Å². The van der Waals surface area contributed by atoms with Gasteiger partial charge in [-0.05, 0) is 43.5 Å². The van der Waals surface area contributed by atoms with E-state index in [-0.39, 0.29) is 11.9 Å². The summed E-state index contributed by atoms with van der Waals surface area (Å²) < 4.78 is 3.61. The van der Waals surface area contributed by atoms with Crippen LogP contribution in [0.25, 0.3) is 22.3 Å². The highest BCUT2D eigenvalue weighted by molar-refractivity contribution is 7.13. The Labute approximate surface area is 186 Å². The van der Waals surface area contributed by atoms with Crippen LogP contribution >= 0.6 is 11.3 Å². The molecule has 31 heavy (non-hydrogen) atoms. The monoisotopic (exact) mass is 431 g/mol. The fraction of sp³-hybridized carbons (Fsp3) is 0.208. The van der Waals surface area contributed by atoms with Gasteiger partial charge in [0.05, 0.1) is 16.8 Å². The highest BCUT2D eigenvalue weighted by atomic mass is 32.1. The molecule has 4 aromatic rings. The van der Waals surface area contributed by atoms with Gasteiger partial charge in [-0.25, -0.2) is 4.68 Å². The first kappa shape index (κ1) is 20.8. The quantitative estimate of drug-likeness (QED) is 0.396. The zero-order valence-corrected chi connectivity index (χ0v) is 18.7. The first-order valence-electron chi connectivity index (χ1n) is 10.2. The summed E-state index contributed by atoms with van der Waals surface area (Å²) in [5, 5.41) is 11.0. The van der Waals surface area contributed by atoms with Crippen molar-refractivity contribution >= 4 is 23.3 Å². The Morgan fingerprint density at radius 2 is 1.97 bits per heavy atom. The number of aromatic nitrogens is 4. The molecular weight excluding hydrogens is 406 g/mol. The number of hydrogen-bond donors (Lipinski definition) is 0. The standard InChI is InChI=1S/C24H25N5OS/c1-18(2)28(16-19-14-25-27(3)15-19)23(30)12-11-20-17-29(21-8-5-4-6-9-21)26-24(20)22-10-7-13-31-22/h4-15,17-18H,16H2,1-3H3. The Bertz CT molecular complexity index is 1170. The molecule has 0 aliphatic rings. The number of carbonyl (C=O) groups is 1. The number of amides is 1. The number of hydrogen-bond acceptors (Lipinski definition) is 4. The van der Waals surface area contributed by atoms with Crippen LogP contribution in [0.1, 0.15) is 25.0 Å². The maximum absolute atomic E-state index is 13.0. The second kappa shape index (κ2) is 9.14. The van der Waals surface area contributed by atoms with Crippen LogP contribution in [0.5, 0.6) is 0 Å². The molecule has 7 heteroatoms. The predicted octanol–water partition coefficient (Wildman–Crippen LogP) is 4.78. The van der Waals surface area contributed by atoms with E-state index in [1.165, 1.54) is 0 Å². The van der Waals surface area contributed by atoms with Crippen LogP contribution in [0.2, 0.25) is 0 Å². The predicted molar refractivity (Wildman–Crippen MR) is 125 cm³/mol. The first-order chi connectivity index (χ1) is 15.0. The molecule has 6 nitrogen and oxygen atoms in total. The average Bonchev–Trinajstić information content (AvgIpc) is 3.51. The zero-order valence-electron chi connectivity index (χ0n) is 17.8. The van der Waals surface area contributed by atoms with Crippen molar-refractivity contribution in [3.63, 3.8) is 0 Å². The van der Waals surface area contributed by atoms with Crippen molar-refractivity contribution in [3.8, 4) is 16.3 Å². The summed E-state index contributed by atoms with van der Waals surface area (Å²) in [6, 6.07) is 14.1. The minimum absolute atomic E-state index is 0.0385. The van der Waals surface area contributed by atoms with Gasteiger partial charge < -0.3 is 4.90 Å². The fourth-order valence-electron chi connectivity index (χ4n) is 3.35. The van der Waals surface area contributed by atoms with Crippen LogP contribution in [0, 0.1) is 0 Å². The molecule has 4 rings (SSSR count). The third-order valence-electron chi connectivity index (χ3n) is 4.94. The molecule has 0 atom stereocenters. The summed E-state index contributed by atoms with van der Waals surface area (Å²) >= 11 is 1.63. The molecule has 0 saturated heterocycles. The first-order valence-corrected chi connectivity index (χ1v) is 11.0. The zero-order chi connectivity index (χ0) is 21.8. The summed E-state index contributed by atoms with van der Waals surface area (Å²) in [7, 11) is 1.88. The van der Waals surface area contributed by atoms with E-state index in [0.29, 0.717) is 6.54 Å². The van der Waals surface area contributed by atoms with Gasteiger partial charge in [-0.2, -0.15) is 10.2 Å². The van der Waals surface area contributed by atoms with E-state index < -0.39 is 0 Å². The lowest BCUT2D eigenvalue weighted by molar-refractivity contribution is -0.128. The number of benzene rings is 1. The van der Waals surface area contributed by atoms with Gasteiger partial charge in [0.2, 0.25) is 5.91 Å². The van der Waals surface area contributed by atoms with Crippen LogP contribution in [0.3, 0.4) is 0 Å². The molecule has 0 N–H and O–H groups in total. The summed E-state index contributed by atoms with van der Waals surface area (Å²) in [5.41, 5.74) is 3.76. The molecule has 0 bridgehead atoms. The SMILES string of the molecule is CC(C)N(Cc1cnn(C)c1)C(=O)C=Cc1cn(-c2ccccc2)nc1-c1cccs1. The third kappa shape index (κ3) is 4.83. The molecule has 3 heterocycles. The van der Waals surface area contributed by atoms with Crippen LogP contribution in [0.15, 0.2) is 72.5 Å². The number of rotatable bonds is 7. The second-order valence-electron chi connectivity index (χ2n) is 7.61. The van der Waals surface area contributed by atoms with Gasteiger partial charge in [0.15, 0.2) is 0 Å². The number of nitrogens with zero attached hydrogens (tertiary/aromatic N) is 5. The van der Waals surface area contributed by atoms with Gasteiger partial charge in [0.1, 0.15) is 5.69 Å². The molecule has 1 amide bonds. The fourth-order valence-corrected chi connectivity index (χ4v) is 4.08. The van der Waals surface area contributed by atoms with Crippen LogP contribution in [-0.2, 0) is 18.4 Å². The summed E-state index contributed by atoms with van der Waals surface area (Å²) in [6.45, 7) is 4.56. The van der Waals surface area contributed by atoms with E-state index in [0.717, 1.165) is 27.4 Å². The number of carbonyl (C=O) groups excluding carboxylic acids is 1. The maximum Gasteiger partial charge on any atom is 0.247 e. The highest BCUT2D eigenvalue weighted by Crippen LogP contribution is 2.28. The lowest BCUT2D eigenvalue weighted by Gasteiger charge is -2.24. The largest absolute Gasteiger partial charge is 0.332 e. The van der Waals surface area contributed by atoms with Crippen LogP contribution < -0.4 is 0 Å². The molecule has 0 unspecified atom stereocenters. The van der Waals surface area contributed by atoms with Gasteiger partial charge in [-0.1, -0.05) is 24.3 Å². The van der Waals surface area contributed by atoms with E-state index in [9.17, 15) is 4.79 Å². The minimum atomic E-state index is -0.0385. The van der Waals surface area contributed by atoms with Gasteiger partial charge >= 0.3 is 0 Å². The van der Waals surface area contributed by atoms with Crippen molar-refractivity contribution in [2.75, 3.05) is 0 Å². The molecule has 0 spiro atoms. The second-order valence-corrected chi connectivity index (χ2v) is 8.55. The topological polar surface area (TPSA) is 56.0 Å². The summed E-state index contributed by atoms with van der Waals surface area (Å²) in [4.78, 5) is 15.9. The van der Waals surface area contributed by atoms with Crippen molar-refractivity contribution in [2.24, 2.45) is 7.05 Å². The molecule has 158 valence electrons. The van der Waals surface area contributed by atoms with Gasteiger partial charge in [0.25, 0.3) is 0 Å². The Hall–Kier alpha value is -3.45. The molecule has 0 fully saturated rings. The summed E-state index contributed by atoms with van der Waals surface area (Å²) in [6.07, 6.45) is 9.20. The van der Waals surface area contributed by atoms with Crippen molar-refractivity contribution in [2.45, 2.75) is 26.4 Å². The van der Waals surface area contributed by atoms with Crippen molar-refractivity contribution in [3.05, 3.63) is 83.6 Å². The van der Waals surface area contributed by atoms with Crippen molar-refractivity contribution in [1.82, 2.24) is 24.5 Å². The molecule has 3 aromatic heterocycles. The number of thiophene rings is 1.